The molecule has 1 aromatic rings. The molecule has 6 heteroatoms. The van der Waals surface area contributed by atoms with Crippen molar-refractivity contribution in [2.24, 2.45) is 11.7 Å². The molecule has 0 saturated carbocycles. The molecule has 1 fully saturated rings. The average molecular weight is 345 g/mol. The largest absolute Gasteiger partial charge is 0.496 e. The van der Waals surface area contributed by atoms with E-state index in [4.69, 9.17) is 19.9 Å². The second-order valence-corrected chi connectivity index (χ2v) is 6.02. The number of hydrogen-bond donors (Lipinski definition) is 1. The minimum Gasteiger partial charge on any atom is -0.496 e. The molecule has 0 aliphatic carbocycles. The summed E-state index contributed by atoms with van der Waals surface area (Å²) in [6.07, 6.45) is 2.42. The van der Waals surface area contributed by atoms with Crippen molar-refractivity contribution in [3.05, 3.63) is 17.7 Å². The quantitative estimate of drug-likeness (QED) is 0.859. The van der Waals surface area contributed by atoms with Crippen molar-refractivity contribution in [1.29, 1.82) is 0 Å². The molecule has 5 nitrogen and oxygen atoms in total. The van der Waals surface area contributed by atoms with Gasteiger partial charge in [-0.15, -0.1) is 12.4 Å². The van der Waals surface area contributed by atoms with E-state index in [0.717, 1.165) is 36.7 Å². The Morgan fingerprint density at radius 2 is 1.74 bits per heavy atom. The highest BCUT2D eigenvalue weighted by molar-refractivity contribution is 5.85. The lowest BCUT2D eigenvalue weighted by Gasteiger charge is -2.35. The van der Waals surface area contributed by atoms with E-state index in [1.54, 1.807) is 21.3 Å². The van der Waals surface area contributed by atoms with Gasteiger partial charge in [-0.1, -0.05) is 0 Å². The molecular formula is C17H29ClN2O3. The normalized spacial score (nSPS) is 19.6. The van der Waals surface area contributed by atoms with Crippen LogP contribution in [0.2, 0.25) is 0 Å². The van der Waals surface area contributed by atoms with Crippen LogP contribution in [-0.4, -0.2) is 45.4 Å². The highest BCUT2D eigenvalue weighted by atomic mass is 35.5. The van der Waals surface area contributed by atoms with Crippen molar-refractivity contribution in [3.8, 4) is 17.2 Å². The van der Waals surface area contributed by atoms with Crippen molar-refractivity contribution in [1.82, 2.24) is 4.90 Å². The molecule has 2 unspecified atom stereocenters. The number of methoxy groups -OCH3 is 3. The monoisotopic (exact) mass is 344 g/mol. The van der Waals surface area contributed by atoms with Crippen LogP contribution in [0, 0.1) is 5.92 Å². The van der Waals surface area contributed by atoms with Gasteiger partial charge in [0.15, 0.2) is 11.5 Å². The molecule has 132 valence electrons. The van der Waals surface area contributed by atoms with Gasteiger partial charge in [-0.25, -0.2) is 0 Å². The molecule has 1 saturated heterocycles. The van der Waals surface area contributed by atoms with Crippen LogP contribution in [0.1, 0.15) is 25.3 Å². The van der Waals surface area contributed by atoms with Gasteiger partial charge in [-0.2, -0.15) is 0 Å². The average Bonchev–Trinajstić information content (AvgIpc) is 2.54. The van der Waals surface area contributed by atoms with E-state index >= 15 is 0 Å². The third-order valence-electron chi connectivity index (χ3n) is 4.47. The Kier molecular flexibility index (Phi) is 7.95. The maximum Gasteiger partial charge on any atom is 0.164 e. The minimum atomic E-state index is 0. The number of benzene rings is 1. The molecule has 0 bridgehead atoms. The number of rotatable bonds is 6. The highest BCUT2D eigenvalue weighted by Gasteiger charge is 2.24. The number of piperidine rings is 1. The molecule has 0 amide bonds. The zero-order valence-corrected chi connectivity index (χ0v) is 15.3. The molecule has 23 heavy (non-hydrogen) atoms. The Hall–Kier alpha value is -1.17. The van der Waals surface area contributed by atoms with Gasteiger partial charge >= 0.3 is 0 Å². The Labute approximate surface area is 145 Å². The topological polar surface area (TPSA) is 57.0 Å². The maximum atomic E-state index is 6.07. The van der Waals surface area contributed by atoms with Crippen LogP contribution in [0.4, 0.5) is 0 Å². The van der Waals surface area contributed by atoms with E-state index in [1.807, 2.05) is 12.1 Å². The van der Waals surface area contributed by atoms with Crippen LogP contribution < -0.4 is 19.9 Å². The Morgan fingerprint density at radius 3 is 2.30 bits per heavy atom. The number of likely N-dealkylation sites (tertiary alicyclic amines) is 1. The van der Waals surface area contributed by atoms with Crippen LogP contribution in [0.3, 0.4) is 0 Å². The van der Waals surface area contributed by atoms with Gasteiger partial charge in [0.05, 0.1) is 21.3 Å². The number of ether oxygens (including phenoxy) is 3. The molecule has 1 aliphatic heterocycles. The first kappa shape index (κ1) is 19.9. The number of hydrogen-bond acceptors (Lipinski definition) is 5. The summed E-state index contributed by atoms with van der Waals surface area (Å²) in [4.78, 5) is 2.45. The summed E-state index contributed by atoms with van der Waals surface area (Å²) in [6.45, 7) is 5.08. The van der Waals surface area contributed by atoms with Gasteiger partial charge in [0, 0.05) is 30.8 Å². The zero-order valence-electron chi connectivity index (χ0n) is 14.5. The lowest BCUT2D eigenvalue weighted by molar-refractivity contribution is 0.153. The predicted octanol–water partition coefficient (Wildman–Crippen LogP) is 2.69. The molecule has 2 atom stereocenters. The zero-order chi connectivity index (χ0) is 16.1. The number of halogens is 1. The first-order chi connectivity index (χ1) is 10.6. The minimum absolute atomic E-state index is 0. The summed E-state index contributed by atoms with van der Waals surface area (Å²) in [5.74, 6) is 2.83. The fraction of sp³-hybridized carbons (Fsp3) is 0.647. The Bertz CT molecular complexity index is 497. The molecule has 0 radical (unpaired) electrons. The Balaban J connectivity index is 0.00000264. The van der Waals surface area contributed by atoms with Crippen LogP contribution >= 0.6 is 12.4 Å². The van der Waals surface area contributed by atoms with Gasteiger partial charge in [0.25, 0.3) is 0 Å². The van der Waals surface area contributed by atoms with Crippen molar-refractivity contribution in [2.75, 3.05) is 34.4 Å². The fourth-order valence-corrected chi connectivity index (χ4v) is 3.12. The van der Waals surface area contributed by atoms with Crippen LogP contribution in [0.25, 0.3) is 0 Å². The van der Waals surface area contributed by atoms with Crippen molar-refractivity contribution >= 4 is 12.4 Å². The van der Waals surface area contributed by atoms with Gasteiger partial charge in [0.2, 0.25) is 0 Å². The molecule has 1 aliphatic rings. The summed E-state index contributed by atoms with van der Waals surface area (Å²) < 4.78 is 16.3. The standard InChI is InChI=1S/C17H28N2O3.ClH/c1-12(18)13-6-5-7-19(10-13)11-14-8-16(21-3)17(22-4)9-15(14)20-2;/h8-9,12-13H,5-7,10-11,18H2,1-4H3;1H. The summed E-state index contributed by atoms with van der Waals surface area (Å²) in [7, 11) is 4.97. The van der Waals surface area contributed by atoms with E-state index in [0.29, 0.717) is 11.7 Å². The van der Waals surface area contributed by atoms with E-state index in [9.17, 15) is 0 Å². The number of nitrogens with two attached hydrogens (primary N) is 1. The van der Waals surface area contributed by atoms with E-state index in [-0.39, 0.29) is 18.4 Å². The lowest BCUT2D eigenvalue weighted by Crippen LogP contribution is -2.41. The molecular weight excluding hydrogens is 316 g/mol. The molecule has 1 aromatic carbocycles. The van der Waals surface area contributed by atoms with E-state index < -0.39 is 0 Å². The van der Waals surface area contributed by atoms with E-state index in [2.05, 4.69) is 11.8 Å². The van der Waals surface area contributed by atoms with Crippen LogP contribution in [0.5, 0.6) is 17.2 Å². The first-order valence-corrected chi connectivity index (χ1v) is 7.85. The maximum absolute atomic E-state index is 6.07. The van der Waals surface area contributed by atoms with Crippen LogP contribution in [0.15, 0.2) is 12.1 Å². The fourth-order valence-electron chi connectivity index (χ4n) is 3.12. The predicted molar refractivity (Wildman–Crippen MR) is 95.0 cm³/mol. The van der Waals surface area contributed by atoms with Gasteiger partial charge in [-0.05, 0) is 38.3 Å². The SMILES string of the molecule is COc1cc(OC)c(OC)cc1CN1CCCC(C(C)N)C1.Cl. The molecule has 2 rings (SSSR count). The summed E-state index contributed by atoms with van der Waals surface area (Å²) >= 11 is 0. The summed E-state index contributed by atoms with van der Waals surface area (Å²) in [6, 6.07) is 4.14. The highest BCUT2D eigenvalue weighted by Crippen LogP contribution is 2.35. The third kappa shape index (κ3) is 4.90. The van der Waals surface area contributed by atoms with Crippen molar-refractivity contribution in [2.45, 2.75) is 32.4 Å². The first-order valence-electron chi connectivity index (χ1n) is 7.85. The van der Waals surface area contributed by atoms with E-state index in [1.165, 1.54) is 12.8 Å². The van der Waals surface area contributed by atoms with Crippen molar-refractivity contribution < 1.29 is 14.2 Å². The summed E-state index contributed by atoms with van der Waals surface area (Å²) in [5, 5.41) is 0. The molecule has 0 aromatic heterocycles. The van der Waals surface area contributed by atoms with Gasteiger partial charge in [0.1, 0.15) is 5.75 Å². The number of nitrogens with zero attached hydrogens (tertiary/aromatic N) is 1. The lowest BCUT2D eigenvalue weighted by atomic mass is 9.92. The second kappa shape index (κ2) is 9.21. The smallest absolute Gasteiger partial charge is 0.164 e. The van der Waals surface area contributed by atoms with Gasteiger partial charge < -0.3 is 19.9 Å². The van der Waals surface area contributed by atoms with Crippen LogP contribution in [-0.2, 0) is 6.54 Å². The second-order valence-electron chi connectivity index (χ2n) is 6.02. The summed E-state index contributed by atoms with van der Waals surface area (Å²) in [5.41, 5.74) is 7.19. The Morgan fingerprint density at radius 1 is 1.13 bits per heavy atom. The third-order valence-corrected chi connectivity index (χ3v) is 4.47. The van der Waals surface area contributed by atoms with Gasteiger partial charge in [-0.3, -0.25) is 4.90 Å². The molecule has 1 heterocycles. The molecule has 2 N–H and O–H groups in total. The molecule has 0 spiro atoms. The van der Waals surface area contributed by atoms with Crippen molar-refractivity contribution in [3.63, 3.8) is 0 Å².